The molecule has 0 amide bonds. The van der Waals surface area contributed by atoms with Crippen LogP contribution in [0.25, 0.3) is 0 Å². The molecule has 1 N–H and O–H groups in total. The van der Waals surface area contributed by atoms with Gasteiger partial charge in [0.15, 0.2) is 17.4 Å². The summed E-state index contributed by atoms with van der Waals surface area (Å²) in [5, 5.41) is 8.48. The molecule has 1 aromatic carbocycles. The molecule has 0 heterocycles. The van der Waals surface area contributed by atoms with Crippen molar-refractivity contribution in [1.29, 1.82) is 0 Å². The van der Waals surface area contributed by atoms with Crippen LogP contribution in [0, 0.1) is 11.6 Å². The van der Waals surface area contributed by atoms with Crippen molar-refractivity contribution >= 4 is 5.97 Å². The molecular weight excluding hydrogens is 206 g/mol. The maximum Gasteiger partial charge on any atom is 0.307 e. The van der Waals surface area contributed by atoms with Crippen molar-refractivity contribution in [2.75, 3.05) is 6.61 Å². The lowest BCUT2D eigenvalue weighted by atomic mass is 10.1. The van der Waals surface area contributed by atoms with Crippen LogP contribution in [0.1, 0.15) is 12.5 Å². The van der Waals surface area contributed by atoms with Crippen molar-refractivity contribution < 1.29 is 23.4 Å². The van der Waals surface area contributed by atoms with E-state index < -0.39 is 29.8 Å². The minimum Gasteiger partial charge on any atom is -0.488 e. The Labute approximate surface area is 85.3 Å². The van der Waals surface area contributed by atoms with E-state index in [-0.39, 0.29) is 12.2 Å². The first-order valence-electron chi connectivity index (χ1n) is 4.37. The van der Waals surface area contributed by atoms with E-state index in [1.807, 2.05) is 0 Å². The number of rotatable bonds is 4. The molecule has 82 valence electrons. The van der Waals surface area contributed by atoms with E-state index in [2.05, 4.69) is 0 Å². The predicted molar refractivity (Wildman–Crippen MR) is 48.9 cm³/mol. The van der Waals surface area contributed by atoms with Gasteiger partial charge in [-0.3, -0.25) is 4.79 Å². The van der Waals surface area contributed by atoms with Crippen LogP contribution in [-0.4, -0.2) is 17.7 Å². The molecule has 3 nitrogen and oxygen atoms in total. The fraction of sp³-hybridized carbons (Fsp3) is 0.300. The lowest BCUT2D eigenvalue weighted by Crippen LogP contribution is -2.06. The summed E-state index contributed by atoms with van der Waals surface area (Å²) in [7, 11) is 0. The fourth-order valence-corrected chi connectivity index (χ4v) is 1.15. The minimum atomic E-state index is -1.18. The molecule has 0 unspecified atom stereocenters. The Balaban J connectivity index is 3.09. The highest BCUT2D eigenvalue weighted by Gasteiger charge is 2.16. The molecule has 0 aliphatic heterocycles. The van der Waals surface area contributed by atoms with Gasteiger partial charge in [-0.05, 0) is 13.0 Å². The molecule has 0 fully saturated rings. The molecule has 0 atom stereocenters. The second-order valence-corrected chi connectivity index (χ2v) is 2.85. The van der Waals surface area contributed by atoms with E-state index in [0.717, 1.165) is 12.1 Å². The zero-order valence-corrected chi connectivity index (χ0v) is 8.09. The number of carbonyl (C=O) groups is 1. The Bertz CT molecular complexity index is 377. The zero-order valence-electron chi connectivity index (χ0n) is 8.09. The molecule has 15 heavy (non-hydrogen) atoms. The highest BCUT2D eigenvalue weighted by molar-refractivity contribution is 5.70. The number of hydrogen-bond donors (Lipinski definition) is 1. The monoisotopic (exact) mass is 216 g/mol. The van der Waals surface area contributed by atoms with Gasteiger partial charge in [-0.2, -0.15) is 0 Å². The number of carboxylic acids is 1. The van der Waals surface area contributed by atoms with E-state index in [9.17, 15) is 13.6 Å². The topological polar surface area (TPSA) is 46.5 Å². The smallest absolute Gasteiger partial charge is 0.307 e. The summed E-state index contributed by atoms with van der Waals surface area (Å²) in [6, 6.07) is 2.09. The number of carboxylic acid groups (broad SMARTS) is 1. The summed E-state index contributed by atoms with van der Waals surface area (Å²) in [6.07, 6.45) is -0.494. The average Bonchev–Trinajstić information content (AvgIpc) is 2.16. The normalized spacial score (nSPS) is 10.1. The Hall–Kier alpha value is -1.65. The third kappa shape index (κ3) is 2.65. The van der Waals surface area contributed by atoms with E-state index >= 15 is 0 Å². The van der Waals surface area contributed by atoms with Crippen molar-refractivity contribution in [3.05, 3.63) is 29.3 Å². The Morgan fingerprint density at radius 2 is 2.13 bits per heavy atom. The van der Waals surface area contributed by atoms with Gasteiger partial charge in [0.05, 0.1) is 13.0 Å². The standard InChI is InChI=1S/C10H10F2O3/c1-2-15-10-7(11)4-3-6(9(10)12)5-8(13)14/h3-4H,2,5H2,1H3,(H,13,14). The fourth-order valence-electron chi connectivity index (χ4n) is 1.15. The van der Waals surface area contributed by atoms with Crippen LogP contribution in [0.2, 0.25) is 0 Å². The highest BCUT2D eigenvalue weighted by atomic mass is 19.1. The van der Waals surface area contributed by atoms with E-state index in [1.165, 1.54) is 0 Å². The predicted octanol–water partition coefficient (Wildman–Crippen LogP) is 1.99. The average molecular weight is 216 g/mol. The van der Waals surface area contributed by atoms with Crippen LogP contribution in [-0.2, 0) is 11.2 Å². The van der Waals surface area contributed by atoms with Gasteiger partial charge >= 0.3 is 5.97 Å². The van der Waals surface area contributed by atoms with Crippen LogP contribution >= 0.6 is 0 Å². The van der Waals surface area contributed by atoms with Gasteiger partial charge in [0.1, 0.15) is 0 Å². The number of aliphatic carboxylic acids is 1. The molecule has 5 heteroatoms. The second kappa shape index (κ2) is 4.72. The highest BCUT2D eigenvalue weighted by Crippen LogP contribution is 2.24. The van der Waals surface area contributed by atoms with Gasteiger partial charge in [0, 0.05) is 5.56 Å². The summed E-state index contributed by atoms with van der Waals surface area (Å²) in [5.41, 5.74) is -0.0904. The van der Waals surface area contributed by atoms with E-state index in [4.69, 9.17) is 9.84 Å². The zero-order chi connectivity index (χ0) is 11.4. The number of halogens is 2. The minimum absolute atomic E-state index is 0.0904. The largest absolute Gasteiger partial charge is 0.488 e. The summed E-state index contributed by atoms with van der Waals surface area (Å²) in [5.74, 6) is -3.47. The molecule has 1 aromatic rings. The number of ether oxygens (including phenoxy) is 1. The van der Waals surface area contributed by atoms with Crippen molar-refractivity contribution in [2.24, 2.45) is 0 Å². The van der Waals surface area contributed by atoms with E-state index in [0.29, 0.717) is 0 Å². The molecule has 1 rings (SSSR count). The number of hydrogen-bond acceptors (Lipinski definition) is 2. The van der Waals surface area contributed by atoms with Gasteiger partial charge in [0.25, 0.3) is 0 Å². The van der Waals surface area contributed by atoms with Crippen molar-refractivity contribution in [1.82, 2.24) is 0 Å². The van der Waals surface area contributed by atoms with Gasteiger partial charge in [0.2, 0.25) is 0 Å². The van der Waals surface area contributed by atoms with Crippen molar-refractivity contribution in [3.8, 4) is 5.75 Å². The molecule has 0 radical (unpaired) electrons. The molecule has 0 aliphatic carbocycles. The van der Waals surface area contributed by atoms with Crippen molar-refractivity contribution in [3.63, 3.8) is 0 Å². The summed E-state index contributed by atoms with van der Waals surface area (Å²) >= 11 is 0. The Morgan fingerprint density at radius 3 is 2.67 bits per heavy atom. The van der Waals surface area contributed by atoms with Crippen LogP contribution in [0.5, 0.6) is 5.75 Å². The van der Waals surface area contributed by atoms with Gasteiger partial charge in [-0.25, -0.2) is 8.78 Å². The molecule has 0 saturated heterocycles. The summed E-state index contributed by atoms with van der Waals surface area (Å²) in [6.45, 7) is 1.70. The summed E-state index contributed by atoms with van der Waals surface area (Å²) < 4.78 is 31.2. The first-order chi connectivity index (χ1) is 7.06. The first kappa shape index (κ1) is 11.4. The third-order valence-electron chi connectivity index (χ3n) is 1.76. The second-order valence-electron chi connectivity index (χ2n) is 2.85. The molecule has 0 bridgehead atoms. The first-order valence-corrected chi connectivity index (χ1v) is 4.37. The van der Waals surface area contributed by atoms with Crippen LogP contribution in [0.15, 0.2) is 12.1 Å². The van der Waals surface area contributed by atoms with Gasteiger partial charge in [-0.1, -0.05) is 6.07 Å². The Morgan fingerprint density at radius 1 is 1.47 bits per heavy atom. The van der Waals surface area contributed by atoms with Crippen LogP contribution < -0.4 is 4.74 Å². The summed E-state index contributed by atoms with van der Waals surface area (Å²) in [4.78, 5) is 10.4. The Kier molecular flexibility index (Phi) is 3.60. The lowest BCUT2D eigenvalue weighted by Gasteiger charge is -2.08. The molecule has 0 aliphatic rings. The van der Waals surface area contributed by atoms with Crippen molar-refractivity contribution in [2.45, 2.75) is 13.3 Å². The van der Waals surface area contributed by atoms with E-state index in [1.54, 1.807) is 6.92 Å². The SMILES string of the molecule is CCOc1c(F)ccc(CC(=O)O)c1F. The molecular formula is C10H10F2O3. The third-order valence-corrected chi connectivity index (χ3v) is 1.76. The van der Waals surface area contributed by atoms with Crippen LogP contribution in [0.3, 0.4) is 0 Å². The lowest BCUT2D eigenvalue weighted by molar-refractivity contribution is -0.136. The molecule has 0 saturated carbocycles. The number of benzene rings is 1. The van der Waals surface area contributed by atoms with Crippen LogP contribution in [0.4, 0.5) is 8.78 Å². The quantitative estimate of drug-likeness (QED) is 0.837. The molecule has 0 aromatic heterocycles. The maximum atomic E-state index is 13.5. The van der Waals surface area contributed by atoms with Gasteiger partial charge in [-0.15, -0.1) is 0 Å². The van der Waals surface area contributed by atoms with Gasteiger partial charge < -0.3 is 9.84 Å². The molecule has 0 spiro atoms. The maximum absolute atomic E-state index is 13.5.